The second-order valence-corrected chi connectivity index (χ2v) is 3.81. The smallest absolute Gasteiger partial charge is 0.156 e. The van der Waals surface area contributed by atoms with Crippen molar-refractivity contribution in [2.75, 3.05) is 7.11 Å². The maximum absolute atomic E-state index is 5.18. The fourth-order valence-corrected chi connectivity index (χ4v) is 1.84. The van der Waals surface area contributed by atoms with Gasteiger partial charge in [0, 0.05) is 19.3 Å². The van der Waals surface area contributed by atoms with E-state index in [4.69, 9.17) is 4.74 Å². The molecule has 0 atom stereocenters. The molecule has 5 heteroatoms. The Labute approximate surface area is 98.0 Å². The number of imidazole rings is 1. The summed E-state index contributed by atoms with van der Waals surface area (Å²) in [7, 11) is 3.54. The number of aromatic nitrogens is 4. The van der Waals surface area contributed by atoms with Gasteiger partial charge in [-0.25, -0.2) is 4.98 Å². The molecule has 2 heterocycles. The summed E-state index contributed by atoms with van der Waals surface area (Å²) < 4.78 is 6.97. The van der Waals surface area contributed by atoms with Gasteiger partial charge in [-0.05, 0) is 18.2 Å². The van der Waals surface area contributed by atoms with Crippen molar-refractivity contribution in [3.8, 4) is 17.3 Å². The largest absolute Gasteiger partial charge is 0.497 e. The zero-order valence-corrected chi connectivity index (χ0v) is 9.64. The van der Waals surface area contributed by atoms with Gasteiger partial charge in [0.25, 0.3) is 0 Å². The molecule has 0 unspecified atom stereocenters. The van der Waals surface area contributed by atoms with E-state index in [0.29, 0.717) is 0 Å². The molecule has 0 saturated heterocycles. The molecule has 0 spiro atoms. The van der Waals surface area contributed by atoms with Gasteiger partial charge in [-0.2, -0.15) is 5.10 Å². The molecule has 0 fully saturated rings. The van der Waals surface area contributed by atoms with Gasteiger partial charge >= 0.3 is 0 Å². The Morgan fingerprint density at radius 1 is 1.29 bits per heavy atom. The third kappa shape index (κ3) is 1.56. The lowest BCUT2D eigenvalue weighted by molar-refractivity contribution is 0.415. The minimum Gasteiger partial charge on any atom is -0.497 e. The van der Waals surface area contributed by atoms with Crippen LogP contribution in [0.5, 0.6) is 5.75 Å². The lowest BCUT2D eigenvalue weighted by Crippen LogP contribution is -1.94. The Hall–Kier alpha value is -2.30. The summed E-state index contributed by atoms with van der Waals surface area (Å²) in [5, 5.41) is 4.13. The van der Waals surface area contributed by atoms with E-state index in [2.05, 4.69) is 15.1 Å². The standard InChI is InChI=1S/C12H12N4O/c1-16-11(5-6-13-16)12-14-9-4-3-8(17-2)7-10(9)15-12/h3-7H,1-2H3,(H,14,15). The molecule has 0 amide bonds. The van der Waals surface area contributed by atoms with Crippen molar-refractivity contribution in [3.05, 3.63) is 30.5 Å². The summed E-state index contributed by atoms with van der Waals surface area (Å²) in [5.41, 5.74) is 2.84. The van der Waals surface area contributed by atoms with Crippen molar-refractivity contribution < 1.29 is 4.74 Å². The number of H-pyrrole nitrogens is 1. The SMILES string of the molecule is COc1ccc2nc(-c3ccnn3C)[nH]c2c1. The van der Waals surface area contributed by atoms with Crippen LogP contribution in [0.4, 0.5) is 0 Å². The molecule has 0 saturated carbocycles. The highest BCUT2D eigenvalue weighted by Gasteiger charge is 2.08. The van der Waals surface area contributed by atoms with Crippen LogP contribution in [0.3, 0.4) is 0 Å². The van der Waals surface area contributed by atoms with E-state index in [-0.39, 0.29) is 0 Å². The maximum atomic E-state index is 5.18. The number of ether oxygens (including phenoxy) is 1. The van der Waals surface area contributed by atoms with Gasteiger partial charge < -0.3 is 9.72 Å². The number of rotatable bonds is 2. The molecule has 1 N–H and O–H groups in total. The Morgan fingerprint density at radius 3 is 2.88 bits per heavy atom. The summed E-state index contributed by atoms with van der Waals surface area (Å²) in [4.78, 5) is 7.78. The third-order valence-corrected chi connectivity index (χ3v) is 2.75. The van der Waals surface area contributed by atoms with Crippen LogP contribution >= 0.6 is 0 Å². The number of fused-ring (bicyclic) bond motifs is 1. The summed E-state index contributed by atoms with van der Waals surface area (Å²) in [5.74, 6) is 1.63. The highest BCUT2D eigenvalue weighted by atomic mass is 16.5. The van der Waals surface area contributed by atoms with E-state index in [1.807, 2.05) is 31.3 Å². The first-order valence-electron chi connectivity index (χ1n) is 5.30. The van der Waals surface area contributed by atoms with Crippen LogP contribution in [0.2, 0.25) is 0 Å². The minimum atomic E-state index is 0.813. The van der Waals surface area contributed by atoms with Gasteiger partial charge in [0.05, 0.1) is 18.1 Å². The summed E-state index contributed by atoms with van der Waals surface area (Å²) in [6, 6.07) is 7.69. The number of nitrogens with zero attached hydrogens (tertiary/aromatic N) is 3. The number of nitrogens with one attached hydrogen (secondary N) is 1. The van der Waals surface area contributed by atoms with Crippen LogP contribution < -0.4 is 4.74 Å². The zero-order valence-electron chi connectivity index (χ0n) is 9.64. The molecule has 0 bridgehead atoms. The van der Waals surface area contributed by atoms with Gasteiger partial charge in [0.2, 0.25) is 0 Å². The molecule has 5 nitrogen and oxygen atoms in total. The monoisotopic (exact) mass is 228 g/mol. The first-order valence-corrected chi connectivity index (χ1v) is 5.30. The predicted molar refractivity (Wildman–Crippen MR) is 64.8 cm³/mol. The number of hydrogen-bond acceptors (Lipinski definition) is 3. The molecular formula is C12H12N4O. The Kier molecular flexibility index (Phi) is 2.11. The highest BCUT2D eigenvalue weighted by molar-refractivity contribution is 5.80. The second kappa shape index (κ2) is 3.62. The van der Waals surface area contributed by atoms with Crippen molar-refractivity contribution in [2.24, 2.45) is 7.05 Å². The normalized spacial score (nSPS) is 10.9. The van der Waals surface area contributed by atoms with Crippen molar-refractivity contribution in [1.82, 2.24) is 19.7 Å². The lowest BCUT2D eigenvalue weighted by atomic mass is 10.3. The number of benzene rings is 1. The van der Waals surface area contributed by atoms with Gasteiger partial charge in [0.15, 0.2) is 5.82 Å². The van der Waals surface area contributed by atoms with E-state index in [9.17, 15) is 0 Å². The number of aryl methyl sites for hydroxylation is 1. The minimum absolute atomic E-state index is 0.813. The summed E-state index contributed by atoms with van der Waals surface area (Å²) >= 11 is 0. The number of methoxy groups -OCH3 is 1. The Bertz CT molecular complexity index is 668. The van der Waals surface area contributed by atoms with Crippen LogP contribution in [-0.2, 0) is 7.05 Å². The predicted octanol–water partition coefficient (Wildman–Crippen LogP) is 1.97. The second-order valence-electron chi connectivity index (χ2n) is 3.81. The van der Waals surface area contributed by atoms with Crippen LogP contribution in [0.15, 0.2) is 30.5 Å². The quantitative estimate of drug-likeness (QED) is 0.729. The van der Waals surface area contributed by atoms with Gasteiger partial charge in [-0.3, -0.25) is 4.68 Å². The van der Waals surface area contributed by atoms with Crippen LogP contribution in [-0.4, -0.2) is 26.9 Å². The number of hydrogen-bond donors (Lipinski definition) is 1. The van der Waals surface area contributed by atoms with Crippen molar-refractivity contribution in [3.63, 3.8) is 0 Å². The van der Waals surface area contributed by atoms with Crippen LogP contribution in [0, 0.1) is 0 Å². The Balaban J connectivity index is 2.17. The van der Waals surface area contributed by atoms with Crippen molar-refractivity contribution in [1.29, 1.82) is 0 Å². The first kappa shape index (κ1) is 9.89. The molecule has 0 aliphatic rings. The molecule has 86 valence electrons. The average molecular weight is 228 g/mol. The fraction of sp³-hybridized carbons (Fsp3) is 0.167. The van der Waals surface area contributed by atoms with E-state index >= 15 is 0 Å². The third-order valence-electron chi connectivity index (χ3n) is 2.75. The molecule has 3 rings (SSSR count). The summed E-state index contributed by atoms with van der Waals surface area (Å²) in [6.45, 7) is 0. The molecule has 0 radical (unpaired) electrons. The lowest BCUT2D eigenvalue weighted by Gasteiger charge is -1.97. The van der Waals surface area contributed by atoms with Gasteiger partial charge in [0.1, 0.15) is 11.4 Å². The van der Waals surface area contributed by atoms with E-state index < -0.39 is 0 Å². The molecule has 2 aromatic heterocycles. The molecule has 3 aromatic rings. The molecule has 1 aromatic carbocycles. The van der Waals surface area contributed by atoms with Gasteiger partial charge in [-0.15, -0.1) is 0 Å². The molecule has 0 aliphatic carbocycles. The number of aromatic amines is 1. The molecule has 17 heavy (non-hydrogen) atoms. The van der Waals surface area contributed by atoms with Crippen LogP contribution in [0.1, 0.15) is 0 Å². The van der Waals surface area contributed by atoms with Gasteiger partial charge in [-0.1, -0.05) is 0 Å². The fourth-order valence-electron chi connectivity index (χ4n) is 1.84. The first-order chi connectivity index (χ1) is 8.28. The van der Waals surface area contributed by atoms with E-state index in [0.717, 1.165) is 28.3 Å². The van der Waals surface area contributed by atoms with E-state index in [1.54, 1.807) is 18.0 Å². The summed E-state index contributed by atoms with van der Waals surface area (Å²) in [6.07, 6.45) is 1.75. The molecule has 0 aliphatic heterocycles. The maximum Gasteiger partial charge on any atom is 0.156 e. The topological polar surface area (TPSA) is 55.7 Å². The Morgan fingerprint density at radius 2 is 2.18 bits per heavy atom. The van der Waals surface area contributed by atoms with E-state index in [1.165, 1.54) is 0 Å². The highest BCUT2D eigenvalue weighted by Crippen LogP contribution is 2.22. The van der Waals surface area contributed by atoms with Crippen molar-refractivity contribution in [2.45, 2.75) is 0 Å². The average Bonchev–Trinajstić information content (AvgIpc) is 2.93. The molecular weight excluding hydrogens is 216 g/mol. The zero-order chi connectivity index (χ0) is 11.8. The van der Waals surface area contributed by atoms with Crippen LogP contribution in [0.25, 0.3) is 22.6 Å². The van der Waals surface area contributed by atoms with Crippen molar-refractivity contribution >= 4 is 11.0 Å².